The van der Waals surface area contributed by atoms with Crippen LogP contribution in [-0.4, -0.2) is 37.8 Å². The summed E-state index contributed by atoms with van der Waals surface area (Å²) in [5, 5.41) is 3.88. The van der Waals surface area contributed by atoms with Crippen molar-refractivity contribution < 1.29 is 8.42 Å². The monoisotopic (exact) mass is 411 g/mol. The van der Waals surface area contributed by atoms with Crippen LogP contribution in [0.1, 0.15) is 5.56 Å². The van der Waals surface area contributed by atoms with Crippen LogP contribution >= 0.6 is 22.9 Å². The summed E-state index contributed by atoms with van der Waals surface area (Å²) in [6.07, 6.45) is 0. The van der Waals surface area contributed by atoms with Gasteiger partial charge in [-0.3, -0.25) is 4.79 Å². The average Bonchev–Trinajstić information content (AvgIpc) is 2.98. The number of aromatic nitrogens is 1. The summed E-state index contributed by atoms with van der Waals surface area (Å²) in [6, 6.07) is 12.3. The van der Waals surface area contributed by atoms with Crippen molar-refractivity contribution in [2.75, 3.05) is 20.1 Å². The highest BCUT2D eigenvalue weighted by Gasteiger charge is 2.23. The van der Waals surface area contributed by atoms with E-state index in [-0.39, 0.29) is 9.77 Å². The van der Waals surface area contributed by atoms with Gasteiger partial charge in [0.2, 0.25) is 10.0 Å². The maximum atomic E-state index is 12.8. The third-order valence-corrected chi connectivity index (χ3v) is 7.12. The molecule has 6 nitrogen and oxygen atoms in total. The number of aromatic amines is 1. The van der Waals surface area contributed by atoms with Gasteiger partial charge in [-0.2, -0.15) is 4.31 Å². The Morgan fingerprint density at radius 1 is 1.23 bits per heavy atom. The first-order chi connectivity index (χ1) is 12.4. The van der Waals surface area contributed by atoms with E-state index in [9.17, 15) is 13.2 Å². The van der Waals surface area contributed by atoms with Crippen molar-refractivity contribution in [3.8, 4) is 0 Å². The van der Waals surface area contributed by atoms with Crippen LogP contribution in [0.2, 0.25) is 5.02 Å². The zero-order chi connectivity index (χ0) is 18.7. The average molecular weight is 412 g/mol. The molecule has 138 valence electrons. The number of fused-ring (bicyclic) bond motifs is 1. The largest absolute Gasteiger partial charge is 0.312 e. The second-order valence-electron chi connectivity index (χ2n) is 5.78. The Labute approximate surface area is 160 Å². The zero-order valence-corrected chi connectivity index (χ0v) is 16.4. The smallest absolute Gasteiger partial charge is 0.305 e. The molecule has 2 N–H and O–H groups in total. The summed E-state index contributed by atoms with van der Waals surface area (Å²) in [6.45, 7) is 1.39. The second kappa shape index (κ2) is 7.89. The number of hydrogen-bond acceptors (Lipinski definition) is 5. The van der Waals surface area contributed by atoms with Gasteiger partial charge < -0.3 is 10.3 Å². The van der Waals surface area contributed by atoms with Crippen molar-refractivity contribution in [1.29, 1.82) is 0 Å². The Balaban J connectivity index is 1.66. The topological polar surface area (TPSA) is 82.3 Å². The van der Waals surface area contributed by atoms with Gasteiger partial charge >= 0.3 is 4.87 Å². The van der Waals surface area contributed by atoms with Crippen LogP contribution in [0.3, 0.4) is 0 Å². The molecule has 0 atom stereocenters. The minimum absolute atomic E-state index is 0.149. The van der Waals surface area contributed by atoms with Crippen molar-refractivity contribution >= 4 is 43.2 Å². The summed E-state index contributed by atoms with van der Waals surface area (Å²) in [4.78, 5) is 14.1. The third kappa shape index (κ3) is 4.16. The van der Waals surface area contributed by atoms with E-state index in [1.165, 1.54) is 17.4 Å². The molecule has 9 heteroatoms. The number of halogens is 1. The fourth-order valence-corrected chi connectivity index (χ4v) is 5.22. The number of hydrogen-bond donors (Lipinski definition) is 2. The van der Waals surface area contributed by atoms with Crippen LogP contribution in [0.4, 0.5) is 0 Å². The minimum atomic E-state index is -3.68. The Kier molecular flexibility index (Phi) is 5.79. The van der Waals surface area contributed by atoms with Crippen molar-refractivity contribution in [3.05, 3.63) is 62.7 Å². The molecule has 26 heavy (non-hydrogen) atoms. The number of thiazole rings is 1. The van der Waals surface area contributed by atoms with Gasteiger partial charge in [-0.1, -0.05) is 41.1 Å². The van der Waals surface area contributed by atoms with Gasteiger partial charge in [0.05, 0.1) is 10.2 Å². The van der Waals surface area contributed by atoms with Gasteiger partial charge in [-0.15, -0.1) is 0 Å². The number of nitrogens with one attached hydrogen (secondary N) is 2. The number of sulfonamides is 1. The van der Waals surface area contributed by atoms with Crippen LogP contribution in [0, 0.1) is 0 Å². The van der Waals surface area contributed by atoms with Crippen molar-refractivity contribution in [2.45, 2.75) is 11.4 Å². The van der Waals surface area contributed by atoms with E-state index in [2.05, 4.69) is 10.3 Å². The van der Waals surface area contributed by atoms with Crippen LogP contribution in [0.5, 0.6) is 0 Å². The van der Waals surface area contributed by atoms with Crippen LogP contribution in [-0.2, 0) is 16.6 Å². The molecule has 0 unspecified atom stereocenters. The van der Waals surface area contributed by atoms with E-state index in [1.54, 1.807) is 18.2 Å². The molecular formula is C17H18ClN3O3S2. The Hall–Kier alpha value is -1.71. The number of rotatable bonds is 7. The second-order valence-corrected chi connectivity index (χ2v) is 9.21. The molecule has 0 amide bonds. The lowest BCUT2D eigenvalue weighted by Gasteiger charge is -2.18. The first kappa shape index (κ1) is 19.1. The van der Waals surface area contributed by atoms with Gasteiger partial charge in [0, 0.05) is 31.7 Å². The number of likely N-dealkylation sites (N-methyl/N-ethyl adjacent to an activating group) is 1. The lowest BCUT2D eigenvalue weighted by atomic mass is 10.2. The Morgan fingerprint density at radius 2 is 2.00 bits per heavy atom. The molecule has 3 aromatic rings. The molecule has 0 radical (unpaired) electrons. The van der Waals surface area contributed by atoms with Gasteiger partial charge in [0.15, 0.2) is 0 Å². The first-order valence-corrected chi connectivity index (χ1v) is 10.5. The number of benzene rings is 2. The summed E-state index contributed by atoms with van der Waals surface area (Å²) < 4.78 is 27.4. The molecular weight excluding hydrogens is 394 g/mol. The van der Waals surface area contributed by atoms with Crippen LogP contribution in [0.25, 0.3) is 10.2 Å². The molecule has 0 aliphatic heterocycles. The molecule has 1 heterocycles. The normalized spacial score (nSPS) is 12.1. The minimum Gasteiger partial charge on any atom is -0.312 e. The Bertz CT molecular complexity index is 1080. The van der Waals surface area contributed by atoms with E-state index in [0.717, 1.165) is 16.9 Å². The highest BCUT2D eigenvalue weighted by molar-refractivity contribution is 7.89. The number of H-pyrrole nitrogens is 1. The van der Waals surface area contributed by atoms with E-state index in [0.29, 0.717) is 34.9 Å². The summed E-state index contributed by atoms with van der Waals surface area (Å²) in [5.41, 5.74) is 1.57. The van der Waals surface area contributed by atoms with Gasteiger partial charge in [0.25, 0.3) is 0 Å². The van der Waals surface area contributed by atoms with Crippen LogP contribution < -0.4 is 10.2 Å². The van der Waals surface area contributed by atoms with E-state index < -0.39 is 10.0 Å². The molecule has 3 rings (SSSR count). The molecule has 0 saturated heterocycles. The molecule has 0 aliphatic rings. The first-order valence-electron chi connectivity index (χ1n) is 7.91. The van der Waals surface area contributed by atoms with Crippen molar-refractivity contribution in [1.82, 2.24) is 14.6 Å². The predicted molar refractivity (Wildman–Crippen MR) is 105 cm³/mol. The van der Waals surface area contributed by atoms with Crippen LogP contribution in [0.15, 0.2) is 52.2 Å². The fourth-order valence-electron chi connectivity index (χ4n) is 2.56. The van der Waals surface area contributed by atoms with Gasteiger partial charge in [0.1, 0.15) is 4.90 Å². The van der Waals surface area contributed by atoms with Crippen molar-refractivity contribution in [3.63, 3.8) is 0 Å². The Morgan fingerprint density at radius 3 is 2.77 bits per heavy atom. The predicted octanol–water partition coefficient (Wildman–Crippen LogP) is 2.65. The lowest BCUT2D eigenvalue weighted by molar-refractivity contribution is 0.459. The molecule has 0 aliphatic carbocycles. The highest BCUT2D eigenvalue weighted by Crippen LogP contribution is 2.25. The SMILES string of the molecule is CN(CCNCc1cccc(Cl)c1)S(=O)(=O)c1cccc2[nH]c(=O)sc12. The number of nitrogens with zero attached hydrogens (tertiary/aromatic N) is 1. The fraction of sp³-hybridized carbons (Fsp3) is 0.235. The quantitative estimate of drug-likeness (QED) is 0.585. The van der Waals surface area contributed by atoms with E-state index >= 15 is 0 Å². The summed E-state index contributed by atoms with van der Waals surface area (Å²) in [5.74, 6) is 0. The highest BCUT2D eigenvalue weighted by atomic mass is 35.5. The molecule has 0 bridgehead atoms. The summed E-state index contributed by atoms with van der Waals surface area (Å²) in [7, 11) is -2.15. The summed E-state index contributed by atoms with van der Waals surface area (Å²) >= 11 is 6.85. The molecule has 1 aromatic heterocycles. The maximum Gasteiger partial charge on any atom is 0.305 e. The van der Waals surface area contributed by atoms with Gasteiger partial charge in [-0.25, -0.2) is 8.42 Å². The standard InChI is InChI=1S/C17H18ClN3O3S2/c1-21(9-8-19-11-12-4-2-5-13(18)10-12)26(23,24)15-7-3-6-14-16(15)25-17(22)20-14/h2-7,10,19H,8-9,11H2,1H3,(H,20,22). The van der Waals surface area contributed by atoms with E-state index in [1.807, 2.05) is 18.2 Å². The third-order valence-electron chi connectivity index (χ3n) is 3.92. The molecule has 2 aromatic carbocycles. The molecule has 0 saturated carbocycles. The zero-order valence-electron chi connectivity index (χ0n) is 14.0. The lowest BCUT2D eigenvalue weighted by Crippen LogP contribution is -2.33. The molecule has 0 fully saturated rings. The molecule has 0 spiro atoms. The van der Waals surface area contributed by atoms with Gasteiger partial charge in [-0.05, 0) is 29.8 Å². The van der Waals surface area contributed by atoms with E-state index in [4.69, 9.17) is 11.6 Å². The van der Waals surface area contributed by atoms with Crippen molar-refractivity contribution in [2.24, 2.45) is 0 Å². The maximum absolute atomic E-state index is 12.8.